The van der Waals surface area contributed by atoms with Crippen LogP contribution in [0.1, 0.15) is 16.1 Å². The molecule has 0 saturated carbocycles. The van der Waals surface area contributed by atoms with E-state index in [1.54, 1.807) is 19.4 Å². The van der Waals surface area contributed by atoms with E-state index in [1.807, 2.05) is 61.5 Å². The van der Waals surface area contributed by atoms with Crippen molar-refractivity contribution in [2.24, 2.45) is 0 Å². The van der Waals surface area contributed by atoms with Crippen molar-refractivity contribution in [2.75, 3.05) is 17.7 Å². The summed E-state index contributed by atoms with van der Waals surface area (Å²) in [5.74, 6) is 0.511. The van der Waals surface area contributed by atoms with Gasteiger partial charge in [-0.15, -0.1) is 0 Å². The number of carbonyl (C=O) groups is 1. The molecule has 0 aliphatic carbocycles. The average molecular weight is 333 g/mol. The van der Waals surface area contributed by atoms with Gasteiger partial charge in [-0.25, -0.2) is 0 Å². The van der Waals surface area contributed by atoms with Crippen molar-refractivity contribution in [1.29, 1.82) is 0 Å². The fraction of sp³-hybridized carbons (Fsp3) is 0.100. The molecule has 25 heavy (non-hydrogen) atoms. The Balaban J connectivity index is 1.75. The van der Waals surface area contributed by atoms with Crippen LogP contribution in [0.25, 0.3) is 0 Å². The van der Waals surface area contributed by atoms with E-state index in [0.29, 0.717) is 5.69 Å². The van der Waals surface area contributed by atoms with E-state index in [1.165, 1.54) is 0 Å². The molecule has 1 amide bonds. The highest BCUT2D eigenvalue weighted by Gasteiger charge is 2.09. The lowest BCUT2D eigenvalue weighted by atomic mass is 10.2. The summed E-state index contributed by atoms with van der Waals surface area (Å²) in [6, 6.07) is 18.7. The van der Waals surface area contributed by atoms with Crippen molar-refractivity contribution in [3.8, 4) is 5.75 Å². The first-order valence-electron chi connectivity index (χ1n) is 7.89. The third-order valence-electron chi connectivity index (χ3n) is 3.63. The van der Waals surface area contributed by atoms with Gasteiger partial charge in [0.1, 0.15) is 11.4 Å². The molecule has 126 valence electrons. The molecule has 2 aromatic carbocycles. The van der Waals surface area contributed by atoms with Crippen LogP contribution in [-0.4, -0.2) is 18.0 Å². The topological polar surface area (TPSA) is 63.2 Å². The molecule has 0 unspecified atom stereocenters. The van der Waals surface area contributed by atoms with Crippen LogP contribution >= 0.6 is 0 Å². The van der Waals surface area contributed by atoms with Gasteiger partial charge in [-0.3, -0.25) is 9.78 Å². The number of aryl methyl sites for hydroxylation is 1. The molecule has 1 aromatic heterocycles. The number of nitrogens with zero attached hydrogens (tertiary/aromatic N) is 1. The van der Waals surface area contributed by atoms with Crippen molar-refractivity contribution >= 4 is 23.0 Å². The van der Waals surface area contributed by atoms with Crippen molar-refractivity contribution in [3.63, 3.8) is 0 Å². The lowest BCUT2D eigenvalue weighted by Crippen LogP contribution is -2.13. The Morgan fingerprint density at radius 2 is 1.72 bits per heavy atom. The van der Waals surface area contributed by atoms with Crippen molar-refractivity contribution in [2.45, 2.75) is 6.92 Å². The first-order valence-corrected chi connectivity index (χ1v) is 7.89. The largest absolute Gasteiger partial charge is 0.497 e. The Bertz CT molecular complexity index is 893. The van der Waals surface area contributed by atoms with E-state index < -0.39 is 0 Å². The summed E-state index contributed by atoms with van der Waals surface area (Å²) < 4.78 is 5.21. The van der Waals surface area contributed by atoms with Crippen LogP contribution in [0.3, 0.4) is 0 Å². The third-order valence-corrected chi connectivity index (χ3v) is 3.63. The Hall–Kier alpha value is -3.34. The molecule has 3 rings (SSSR count). The zero-order valence-electron chi connectivity index (χ0n) is 14.1. The Morgan fingerprint density at radius 1 is 0.960 bits per heavy atom. The summed E-state index contributed by atoms with van der Waals surface area (Å²) in [6.07, 6.45) is 1.60. The molecule has 0 bridgehead atoms. The van der Waals surface area contributed by atoms with E-state index in [-0.39, 0.29) is 5.91 Å². The second-order valence-corrected chi connectivity index (χ2v) is 5.61. The van der Waals surface area contributed by atoms with Crippen molar-refractivity contribution in [3.05, 3.63) is 78.1 Å². The Labute approximate surface area is 146 Å². The first-order chi connectivity index (χ1) is 12.1. The molecule has 0 atom stereocenters. The van der Waals surface area contributed by atoms with E-state index in [0.717, 1.165) is 28.4 Å². The van der Waals surface area contributed by atoms with Gasteiger partial charge < -0.3 is 15.4 Å². The number of nitrogens with one attached hydrogen (secondary N) is 2. The minimum atomic E-state index is -0.250. The molecule has 0 radical (unpaired) electrons. The number of rotatable bonds is 5. The van der Waals surface area contributed by atoms with Gasteiger partial charge in [0.25, 0.3) is 5.91 Å². The average Bonchev–Trinajstić information content (AvgIpc) is 2.62. The highest BCUT2D eigenvalue weighted by Crippen LogP contribution is 2.21. The normalized spacial score (nSPS) is 10.2. The highest BCUT2D eigenvalue weighted by molar-refractivity contribution is 6.03. The van der Waals surface area contributed by atoms with Crippen LogP contribution in [0.2, 0.25) is 0 Å². The number of carbonyl (C=O) groups excluding carboxylic acids is 1. The minimum Gasteiger partial charge on any atom is -0.497 e. The van der Waals surface area contributed by atoms with Gasteiger partial charge in [0, 0.05) is 29.3 Å². The van der Waals surface area contributed by atoms with E-state index in [2.05, 4.69) is 15.6 Å². The number of ether oxygens (including phenoxy) is 1. The smallest absolute Gasteiger partial charge is 0.274 e. The number of anilines is 3. The minimum absolute atomic E-state index is 0.250. The van der Waals surface area contributed by atoms with Crippen LogP contribution in [0.15, 0.2) is 66.9 Å². The van der Waals surface area contributed by atoms with Gasteiger partial charge in [-0.05, 0) is 48.9 Å². The zero-order valence-corrected chi connectivity index (χ0v) is 14.1. The van der Waals surface area contributed by atoms with Crippen LogP contribution in [0, 0.1) is 6.92 Å². The van der Waals surface area contributed by atoms with Gasteiger partial charge in [0.15, 0.2) is 0 Å². The van der Waals surface area contributed by atoms with Crippen molar-refractivity contribution < 1.29 is 9.53 Å². The molecule has 0 aliphatic rings. The maximum Gasteiger partial charge on any atom is 0.274 e. The quantitative estimate of drug-likeness (QED) is 0.727. The van der Waals surface area contributed by atoms with Gasteiger partial charge in [-0.1, -0.05) is 18.2 Å². The second kappa shape index (κ2) is 7.49. The van der Waals surface area contributed by atoms with E-state index >= 15 is 0 Å². The predicted molar refractivity (Wildman–Crippen MR) is 99.6 cm³/mol. The summed E-state index contributed by atoms with van der Waals surface area (Å²) in [6.45, 7) is 1.98. The van der Waals surface area contributed by atoms with Crippen LogP contribution in [-0.2, 0) is 0 Å². The fourth-order valence-electron chi connectivity index (χ4n) is 2.42. The molecule has 5 heteroatoms. The Morgan fingerprint density at radius 3 is 2.52 bits per heavy atom. The molecule has 0 fully saturated rings. The van der Waals surface area contributed by atoms with E-state index in [4.69, 9.17) is 4.74 Å². The standard InChI is InChI=1S/C20H19N3O2/c1-14-5-3-6-15(11-14)23-20(24)19-13-17(9-10-21-19)22-16-7-4-8-18(12-16)25-2/h3-13H,1-2H3,(H,21,22)(H,23,24). The maximum absolute atomic E-state index is 12.4. The molecular weight excluding hydrogens is 314 g/mol. The van der Waals surface area contributed by atoms with Crippen molar-refractivity contribution in [1.82, 2.24) is 4.98 Å². The lowest BCUT2D eigenvalue weighted by molar-refractivity contribution is 0.102. The van der Waals surface area contributed by atoms with E-state index in [9.17, 15) is 4.79 Å². The van der Waals surface area contributed by atoms with Gasteiger partial charge >= 0.3 is 0 Å². The molecule has 0 saturated heterocycles. The second-order valence-electron chi connectivity index (χ2n) is 5.61. The fourth-order valence-corrected chi connectivity index (χ4v) is 2.42. The lowest BCUT2D eigenvalue weighted by Gasteiger charge is -2.10. The predicted octanol–water partition coefficient (Wildman–Crippen LogP) is 4.39. The summed E-state index contributed by atoms with van der Waals surface area (Å²) in [5, 5.41) is 6.11. The highest BCUT2D eigenvalue weighted by atomic mass is 16.5. The monoisotopic (exact) mass is 333 g/mol. The number of hydrogen-bond donors (Lipinski definition) is 2. The molecule has 1 heterocycles. The van der Waals surface area contributed by atoms with Crippen LogP contribution < -0.4 is 15.4 Å². The number of benzene rings is 2. The SMILES string of the molecule is COc1cccc(Nc2ccnc(C(=O)Nc3cccc(C)c3)c2)c1. The first kappa shape index (κ1) is 16.5. The molecule has 3 aromatic rings. The zero-order chi connectivity index (χ0) is 17.6. The molecule has 0 aliphatic heterocycles. The summed E-state index contributed by atoms with van der Waals surface area (Å²) in [5.41, 5.74) is 3.82. The summed E-state index contributed by atoms with van der Waals surface area (Å²) in [4.78, 5) is 16.6. The summed E-state index contributed by atoms with van der Waals surface area (Å²) >= 11 is 0. The van der Waals surface area contributed by atoms with Gasteiger partial charge in [0.05, 0.1) is 7.11 Å². The van der Waals surface area contributed by atoms with Crippen LogP contribution in [0.5, 0.6) is 5.75 Å². The Kier molecular flexibility index (Phi) is 4.95. The van der Waals surface area contributed by atoms with Crippen LogP contribution in [0.4, 0.5) is 17.1 Å². The summed E-state index contributed by atoms with van der Waals surface area (Å²) in [7, 11) is 1.62. The molecule has 5 nitrogen and oxygen atoms in total. The number of aromatic nitrogens is 1. The molecular formula is C20H19N3O2. The number of pyridine rings is 1. The van der Waals surface area contributed by atoms with Gasteiger partial charge in [-0.2, -0.15) is 0 Å². The molecule has 2 N–H and O–H groups in total. The number of hydrogen-bond acceptors (Lipinski definition) is 4. The number of methoxy groups -OCH3 is 1. The van der Waals surface area contributed by atoms with Gasteiger partial charge in [0.2, 0.25) is 0 Å². The maximum atomic E-state index is 12.4. The number of amides is 1. The third kappa shape index (κ3) is 4.35. The molecule has 0 spiro atoms.